The van der Waals surface area contributed by atoms with Gasteiger partial charge in [0.15, 0.2) is 0 Å². The zero-order chi connectivity index (χ0) is 47.7. The van der Waals surface area contributed by atoms with Crippen LogP contribution in [0, 0.1) is 10.8 Å². The van der Waals surface area contributed by atoms with Gasteiger partial charge in [0, 0.05) is 25.2 Å². The smallest absolute Gasteiger partial charge is 0.407 e. The minimum absolute atomic E-state index is 0.0268. The van der Waals surface area contributed by atoms with E-state index in [1.54, 1.807) is 0 Å². The van der Waals surface area contributed by atoms with Crippen LogP contribution in [0.5, 0.6) is 0 Å². The van der Waals surface area contributed by atoms with Gasteiger partial charge in [-0.15, -0.1) is 0 Å². The Hall–Kier alpha value is -6.43. The summed E-state index contributed by atoms with van der Waals surface area (Å²) in [4.78, 5) is 60.0. The van der Waals surface area contributed by atoms with Crippen molar-refractivity contribution in [3.63, 3.8) is 0 Å². The van der Waals surface area contributed by atoms with E-state index in [0.717, 1.165) is 94.6 Å². The summed E-state index contributed by atoms with van der Waals surface area (Å²) in [5.41, 5.74) is 10.2. The van der Waals surface area contributed by atoms with Gasteiger partial charge >= 0.3 is 6.09 Å². The van der Waals surface area contributed by atoms with Crippen molar-refractivity contribution in [1.29, 1.82) is 0 Å². The van der Waals surface area contributed by atoms with Crippen LogP contribution < -0.4 is 5.32 Å². The SMILES string of the molecule is COC(=O)N[C@H](C(=O)N1CCC[C@H]1c1ncc(-c2ccc(-c3ccc(-c4ccc(-c5cnc([C@@H]6CCCN6C(=O)CC(C)(C)C)[nH]5)cc4)n3-c3ccc(C4CCCCC4)cc3)cc2)[nH]1)C(C)(C)C. The molecule has 356 valence electrons. The lowest BCUT2D eigenvalue weighted by atomic mass is 9.84. The van der Waals surface area contributed by atoms with E-state index in [1.807, 2.05) is 43.0 Å². The number of likely N-dealkylation sites (tertiary alicyclic amines) is 2. The monoisotopic (exact) mass is 917 g/mol. The Kier molecular flexibility index (Phi) is 13.2. The van der Waals surface area contributed by atoms with Crippen LogP contribution in [-0.4, -0.2) is 78.5 Å². The molecule has 3 atom stereocenters. The fourth-order valence-electron chi connectivity index (χ4n) is 10.7. The van der Waals surface area contributed by atoms with Crippen LogP contribution in [0.1, 0.15) is 141 Å². The summed E-state index contributed by atoms with van der Waals surface area (Å²) in [6.07, 6.45) is 13.6. The molecule has 0 spiro atoms. The standard InChI is InChI=1S/C56H68N8O4/c1-55(2,3)33-49(65)62-31-11-15-47(62)51-57-34-43(59-51)38-17-21-40(22-18-38)45-29-30-46(64(45)42-27-25-37(26-28-42)36-13-9-8-10-14-36)41-23-19-39(20-24-41)44-35-58-52(60-44)48-16-12-32-63(48)53(66)50(56(4,5)6)61-54(67)68-7/h17-30,34-36,47-48,50H,8-16,31-33H2,1-7H3,(H,57,59)(H,58,60)(H,61,67)/t47-,48-,50+/m0/s1. The Morgan fingerprint density at radius 3 is 1.65 bits per heavy atom. The molecular weight excluding hydrogens is 849 g/mol. The lowest BCUT2D eigenvalue weighted by Gasteiger charge is -2.35. The molecule has 0 bridgehead atoms. The van der Waals surface area contributed by atoms with Crippen LogP contribution in [0.25, 0.3) is 50.7 Å². The molecule has 12 nitrogen and oxygen atoms in total. The van der Waals surface area contributed by atoms with E-state index in [9.17, 15) is 14.4 Å². The van der Waals surface area contributed by atoms with Crippen LogP contribution in [0.3, 0.4) is 0 Å². The molecule has 1 aliphatic carbocycles. The van der Waals surface area contributed by atoms with Gasteiger partial charge in [-0.2, -0.15) is 0 Å². The molecule has 6 aromatic rings. The van der Waals surface area contributed by atoms with E-state index in [2.05, 4.69) is 126 Å². The summed E-state index contributed by atoms with van der Waals surface area (Å²) in [7, 11) is 1.31. The highest BCUT2D eigenvalue weighted by Crippen LogP contribution is 2.39. The number of rotatable bonds is 11. The number of aromatic amines is 2. The number of carbonyl (C=O) groups excluding carboxylic acids is 3. The molecule has 68 heavy (non-hydrogen) atoms. The number of amides is 3. The molecule has 0 radical (unpaired) electrons. The number of hydrogen-bond donors (Lipinski definition) is 3. The summed E-state index contributed by atoms with van der Waals surface area (Å²) in [6, 6.07) is 29.9. The Morgan fingerprint density at radius 2 is 1.15 bits per heavy atom. The first-order valence-electron chi connectivity index (χ1n) is 24.7. The normalized spacial score (nSPS) is 18.5. The van der Waals surface area contributed by atoms with Gasteiger partial charge in [0.25, 0.3) is 0 Å². The molecule has 9 rings (SSSR count). The maximum Gasteiger partial charge on any atom is 0.407 e. The van der Waals surface area contributed by atoms with E-state index < -0.39 is 17.6 Å². The van der Waals surface area contributed by atoms with E-state index >= 15 is 0 Å². The summed E-state index contributed by atoms with van der Waals surface area (Å²) in [5, 5.41) is 2.77. The zero-order valence-corrected chi connectivity index (χ0v) is 40.9. The predicted octanol–water partition coefficient (Wildman–Crippen LogP) is 12.2. The average Bonchev–Trinajstić information content (AvgIpc) is 4.20. The molecular formula is C56H68N8O4. The van der Waals surface area contributed by atoms with Crippen LogP contribution in [0.2, 0.25) is 0 Å². The summed E-state index contributed by atoms with van der Waals surface area (Å²) >= 11 is 0. The predicted molar refractivity (Wildman–Crippen MR) is 268 cm³/mol. The number of methoxy groups -OCH3 is 1. The number of H-pyrrole nitrogens is 2. The molecule has 3 amide bonds. The molecule has 1 saturated carbocycles. The first-order valence-corrected chi connectivity index (χ1v) is 24.7. The molecule has 3 N–H and O–H groups in total. The second kappa shape index (κ2) is 19.3. The van der Waals surface area contributed by atoms with Crippen molar-refractivity contribution in [2.45, 2.75) is 130 Å². The van der Waals surface area contributed by atoms with Gasteiger partial charge in [-0.25, -0.2) is 14.8 Å². The molecule has 3 aliphatic rings. The minimum atomic E-state index is -0.742. The molecule has 12 heteroatoms. The maximum absolute atomic E-state index is 14.0. The van der Waals surface area contributed by atoms with Gasteiger partial charge in [0.05, 0.1) is 54.4 Å². The third-order valence-corrected chi connectivity index (χ3v) is 14.3. The van der Waals surface area contributed by atoms with E-state index in [1.165, 1.54) is 44.8 Å². The van der Waals surface area contributed by atoms with Gasteiger partial charge in [-0.3, -0.25) is 9.59 Å². The number of ether oxygens (including phenoxy) is 1. The third-order valence-electron chi connectivity index (χ3n) is 14.3. The molecule has 2 saturated heterocycles. The maximum atomic E-state index is 14.0. The number of nitrogens with one attached hydrogen (secondary N) is 3. The van der Waals surface area contributed by atoms with Crippen LogP contribution in [-0.2, 0) is 14.3 Å². The van der Waals surface area contributed by atoms with Crippen LogP contribution in [0.15, 0.2) is 97.3 Å². The fraction of sp³-hybridized carbons (Fsp3) is 0.446. The first-order chi connectivity index (χ1) is 32.6. The van der Waals surface area contributed by atoms with Crippen LogP contribution in [0.4, 0.5) is 4.79 Å². The van der Waals surface area contributed by atoms with Crippen LogP contribution >= 0.6 is 0 Å². The number of hydrogen-bond acceptors (Lipinski definition) is 6. The average molecular weight is 917 g/mol. The van der Waals surface area contributed by atoms with Crippen molar-refractivity contribution in [2.24, 2.45) is 10.8 Å². The lowest BCUT2D eigenvalue weighted by Crippen LogP contribution is -2.54. The molecule has 3 aromatic heterocycles. The number of imidazole rings is 2. The molecule has 3 fully saturated rings. The van der Waals surface area contributed by atoms with Crippen molar-refractivity contribution >= 4 is 17.9 Å². The number of alkyl carbamates (subject to hydrolysis) is 1. The number of carbonyl (C=O) groups is 3. The number of aromatic nitrogens is 5. The van der Waals surface area contributed by atoms with Gasteiger partial charge in [0.2, 0.25) is 11.8 Å². The number of nitrogens with zero attached hydrogens (tertiary/aromatic N) is 5. The Labute approximate surface area is 401 Å². The molecule has 2 aliphatic heterocycles. The zero-order valence-electron chi connectivity index (χ0n) is 40.9. The molecule has 0 unspecified atom stereocenters. The van der Waals surface area contributed by atoms with Gasteiger partial charge in [0.1, 0.15) is 17.7 Å². The van der Waals surface area contributed by atoms with Gasteiger partial charge < -0.3 is 34.4 Å². The summed E-state index contributed by atoms with van der Waals surface area (Å²) in [6.45, 7) is 13.5. The largest absolute Gasteiger partial charge is 0.453 e. The fourth-order valence-corrected chi connectivity index (χ4v) is 10.7. The van der Waals surface area contributed by atoms with Crippen molar-refractivity contribution in [1.82, 2.24) is 39.6 Å². The second-order valence-electron chi connectivity index (χ2n) is 21.5. The molecule has 5 heterocycles. The van der Waals surface area contributed by atoms with E-state index in [-0.39, 0.29) is 29.3 Å². The highest BCUT2D eigenvalue weighted by atomic mass is 16.5. The summed E-state index contributed by atoms with van der Waals surface area (Å²) < 4.78 is 7.23. The lowest BCUT2D eigenvalue weighted by molar-refractivity contribution is -0.137. The Balaban J connectivity index is 0.975. The van der Waals surface area contributed by atoms with Crippen molar-refractivity contribution in [2.75, 3.05) is 20.2 Å². The minimum Gasteiger partial charge on any atom is -0.453 e. The van der Waals surface area contributed by atoms with Crippen molar-refractivity contribution < 1.29 is 19.1 Å². The van der Waals surface area contributed by atoms with E-state index in [0.29, 0.717) is 18.9 Å². The highest BCUT2D eigenvalue weighted by Gasteiger charge is 2.41. The van der Waals surface area contributed by atoms with E-state index in [4.69, 9.17) is 14.7 Å². The topological polar surface area (TPSA) is 141 Å². The first kappa shape index (κ1) is 46.7. The van der Waals surface area contributed by atoms with Crippen molar-refractivity contribution in [3.8, 4) is 50.7 Å². The highest BCUT2D eigenvalue weighted by molar-refractivity contribution is 5.87. The van der Waals surface area contributed by atoms with Gasteiger partial charge in [-0.05, 0) is 107 Å². The van der Waals surface area contributed by atoms with Crippen molar-refractivity contribution in [3.05, 3.63) is 115 Å². The third kappa shape index (κ3) is 9.91. The second-order valence-corrected chi connectivity index (χ2v) is 21.5. The molecule has 3 aromatic carbocycles. The number of benzene rings is 3. The Morgan fingerprint density at radius 1 is 0.647 bits per heavy atom. The quantitative estimate of drug-likeness (QED) is 0.118. The van der Waals surface area contributed by atoms with Gasteiger partial charge in [-0.1, -0.05) is 121 Å². The summed E-state index contributed by atoms with van der Waals surface area (Å²) in [5.74, 6) is 2.26. The Bertz CT molecular complexity index is 2710.